The van der Waals surface area contributed by atoms with E-state index in [-0.39, 0.29) is 0 Å². The molecule has 27 heavy (non-hydrogen) atoms. The number of hydrogen-bond donors (Lipinski definition) is 0. The summed E-state index contributed by atoms with van der Waals surface area (Å²) in [5.74, 6) is 2.87. The van der Waals surface area contributed by atoms with Gasteiger partial charge in [-0.3, -0.25) is 0 Å². The molecule has 0 aliphatic heterocycles. The molecule has 148 valence electrons. The standard InChI is InChI=1S/C24H36O2Si/c1-7-11-21-13-9-15-23(17-21)25-27(19(3)4,20(5)6)26-24-16-10-14-22(18-24)12-8-2/h7-10,15-22H,1-2,11-14H2,3-6H3/t21-,22-/m1/s1. The SMILES string of the molecule is C=CC[C@H]1C=C(O[Si](OC2=C[C@H](CC=C)CC=C2)(C(C)C)C(C)C)C=CC1. The minimum absolute atomic E-state index is 0.334. The smallest absolute Gasteiger partial charge is 0.465 e. The van der Waals surface area contributed by atoms with Crippen molar-refractivity contribution in [2.24, 2.45) is 11.8 Å². The summed E-state index contributed by atoms with van der Waals surface area (Å²) in [7, 11) is -2.52. The normalized spacial score (nSPS) is 22.4. The fourth-order valence-corrected chi connectivity index (χ4v) is 7.18. The second kappa shape index (κ2) is 9.98. The molecule has 2 nitrogen and oxygen atoms in total. The molecule has 0 N–H and O–H groups in total. The van der Waals surface area contributed by atoms with E-state index in [1.54, 1.807) is 0 Å². The van der Waals surface area contributed by atoms with E-state index in [2.05, 4.69) is 77.3 Å². The van der Waals surface area contributed by atoms with Crippen LogP contribution in [0.5, 0.6) is 0 Å². The molecule has 0 heterocycles. The van der Waals surface area contributed by atoms with Crippen LogP contribution in [0.3, 0.4) is 0 Å². The van der Waals surface area contributed by atoms with Gasteiger partial charge in [0.15, 0.2) is 0 Å². The third-order valence-corrected chi connectivity index (χ3v) is 9.67. The Hall–Kier alpha value is -1.74. The van der Waals surface area contributed by atoms with E-state index < -0.39 is 8.56 Å². The molecule has 2 aliphatic carbocycles. The maximum atomic E-state index is 6.74. The summed E-state index contributed by atoms with van der Waals surface area (Å²) in [6, 6.07) is 0. The van der Waals surface area contributed by atoms with Gasteiger partial charge in [0, 0.05) is 11.1 Å². The van der Waals surface area contributed by atoms with Crippen molar-refractivity contribution in [3.05, 3.63) is 73.3 Å². The summed E-state index contributed by atoms with van der Waals surface area (Å²) < 4.78 is 13.5. The lowest BCUT2D eigenvalue weighted by Gasteiger charge is -2.39. The van der Waals surface area contributed by atoms with Gasteiger partial charge in [-0.25, -0.2) is 0 Å². The fraction of sp³-hybridized carbons (Fsp3) is 0.500. The summed E-state index contributed by atoms with van der Waals surface area (Å²) in [6.45, 7) is 16.7. The topological polar surface area (TPSA) is 18.5 Å². The zero-order valence-electron chi connectivity index (χ0n) is 17.5. The van der Waals surface area contributed by atoms with Gasteiger partial charge in [0.1, 0.15) is 11.5 Å². The highest BCUT2D eigenvalue weighted by atomic mass is 28.4. The molecule has 0 unspecified atom stereocenters. The Balaban J connectivity index is 2.27. The Morgan fingerprint density at radius 3 is 1.63 bits per heavy atom. The van der Waals surface area contributed by atoms with Crippen molar-refractivity contribution in [1.29, 1.82) is 0 Å². The van der Waals surface area contributed by atoms with E-state index in [1.165, 1.54) is 0 Å². The van der Waals surface area contributed by atoms with Crippen molar-refractivity contribution >= 4 is 8.56 Å². The van der Waals surface area contributed by atoms with Gasteiger partial charge in [-0.1, -0.05) is 52.0 Å². The third kappa shape index (κ3) is 5.62. The quantitative estimate of drug-likeness (QED) is 0.289. The molecule has 2 aliphatic rings. The summed E-state index contributed by atoms with van der Waals surface area (Å²) >= 11 is 0. The van der Waals surface area contributed by atoms with Crippen LogP contribution in [0.15, 0.2) is 73.3 Å². The van der Waals surface area contributed by atoms with Crippen LogP contribution in [0.1, 0.15) is 53.4 Å². The molecule has 2 rings (SSSR count). The first-order chi connectivity index (χ1) is 12.9. The first-order valence-corrected chi connectivity index (χ1v) is 12.2. The largest absolute Gasteiger partial charge is 0.512 e. The maximum absolute atomic E-state index is 6.74. The Morgan fingerprint density at radius 1 is 0.889 bits per heavy atom. The molecule has 0 amide bonds. The van der Waals surface area contributed by atoms with Gasteiger partial charge in [0.05, 0.1) is 0 Å². The van der Waals surface area contributed by atoms with Crippen molar-refractivity contribution in [3.63, 3.8) is 0 Å². The number of rotatable bonds is 10. The number of allylic oxidation sites excluding steroid dienone is 8. The minimum Gasteiger partial charge on any atom is -0.512 e. The van der Waals surface area contributed by atoms with E-state index in [9.17, 15) is 0 Å². The van der Waals surface area contributed by atoms with E-state index in [0.717, 1.165) is 37.2 Å². The Morgan fingerprint density at radius 2 is 1.30 bits per heavy atom. The van der Waals surface area contributed by atoms with Crippen molar-refractivity contribution in [2.45, 2.75) is 64.5 Å². The highest BCUT2D eigenvalue weighted by Gasteiger charge is 2.50. The summed E-state index contributed by atoms with van der Waals surface area (Å²) in [5.41, 5.74) is 0.668. The van der Waals surface area contributed by atoms with E-state index in [1.807, 2.05) is 12.2 Å². The molecule has 0 aromatic rings. The summed E-state index contributed by atoms with van der Waals surface area (Å²) in [6.07, 6.45) is 21.2. The zero-order chi connectivity index (χ0) is 19.9. The highest BCUT2D eigenvalue weighted by Crippen LogP contribution is 2.40. The fourth-order valence-electron chi connectivity index (χ4n) is 3.85. The average molecular weight is 385 g/mol. The average Bonchev–Trinajstić information content (AvgIpc) is 2.62. The molecule has 2 atom stereocenters. The van der Waals surface area contributed by atoms with Crippen LogP contribution in [-0.4, -0.2) is 8.56 Å². The van der Waals surface area contributed by atoms with Gasteiger partial charge < -0.3 is 8.85 Å². The second-order valence-corrected chi connectivity index (χ2v) is 12.4. The third-order valence-electron chi connectivity index (χ3n) is 5.34. The van der Waals surface area contributed by atoms with E-state index in [0.29, 0.717) is 22.9 Å². The van der Waals surface area contributed by atoms with Crippen LogP contribution in [0.4, 0.5) is 0 Å². The first-order valence-electron chi connectivity index (χ1n) is 10.3. The van der Waals surface area contributed by atoms with Crippen molar-refractivity contribution in [1.82, 2.24) is 0 Å². The van der Waals surface area contributed by atoms with Crippen LogP contribution in [-0.2, 0) is 8.85 Å². The lowest BCUT2D eigenvalue weighted by atomic mass is 9.97. The molecule has 3 heteroatoms. The summed E-state index contributed by atoms with van der Waals surface area (Å²) in [5, 5.41) is 0. The predicted molar refractivity (Wildman–Crippen MR) is 118 cm³/mol. The molecule has 0 spiro atoms. The van der Waals surface area contributed by atoms with Gasteiger partial charge in [0.2, 0.25) is 0 Å². The molecule has 0 saturated heterocycles. The Kier molecular flexibility index (Phi) is 7.97. The lowest BCUT2D eigenvalue weighted by Crippen LogP contribution is -2.47. The lowest BCUT2D eigenvalue weighted by molar-refractivity contribution is 0.245. The molecule has 0 saturated carbocycles. The second-order valence-electron chi connectivity index (χ2n) is 8.22. The molecule has 0 bridgehead atoms. The molecule has 0 aromatic carbocycles. The van der Waals surface area contributed by atoms with Crippen molar-refractivity contribution < 1.29 is 8.85 Å². The predicted octanol–water partition coefficient (Wildman–Crippen LogP) is 7.35. The highest BCUT2D eigenvalue weighted by molar-refractivity contribution is 6.70. The van der Waals surface area contributed by atoms with Gasteiger partial charge in [-0.05, 0) is 61.8 Å². The Labute approximate surface area is 167 Å². The van der Waals surface area contributed by atoms with Crippen LogP contribution < -0.4 is 0 Å². The van der Waals surface area contributed by atoms with Crippen LogP contribution >= 0.6 is 0 Å². The van der Waals surface area contributed by atoms with E-state index >= 15 is 0 Å². The maximum Gasteiger partial charge on any atom is 0.465 e. The molecule has 0 radical (unpaired) electrons. The van der Waals surface area contributed by atoms with Gasteiger partial charge in [-0.15, -0.1) is 13.2 Å². The minimum atomic E-state index is -2.52. The van der Waals surface area contributed by atoms with Crippen molar-refractivity contribution in [3.8, 4) is 0 Å². The van der Waals surface area contributed by atoms with E-state index in [4.69, 9.17) is 8.85 Å². The summed E-state index contributed by atoms with van der Waals surface area (Å²) in [4.78, 5) is 0. The Bertz CT molecular complexity index is 577. The van der Waals surface area contributed by atoms with Crippen LogP contribution in [0.2, 0.25) is 11.1 Å². The molecule has 0 fully saturated rings. The zero-order valence-corrected chi connectivity index (χ0v) is 18.5. The van der Waals surface area contributed by atoms with Crippen LogP contribution in [0, 0.1) is 11.8 Å². The van der Waals surface area contributed by atoms with Crippen LogP contribution in [0.25, 0.3) is 0 Å². The number of hydrogen-bond acceptors (Lipinski definition) is 2. The molecule has 0 aromatic heterocycles. The van der Waals surface area contributed by atoms with Gasteiger partial charge in [-0.2, -0.15) is 0 Å². The van der Waals surface area contributed by atoms with Crippen molar-refractivity contribution in [2.75, 3.05) is 0 Å². The first kappa shape index (κ1) is 21.6. The van der Waals surface area contributed by atoms with Gasteiger partial charge >= 0.3 is 8.56 Å². The molecular weight excluding hydrogens is 348 g/mol. The van der Waals surface area contributed by atoms with Gasteiger partial charge in [0.25, 0.3) is 0 Å². The monoisotopic (exact) mass is 384 g/mol. The molecular formula is C24H36O2Si.